The second-order valence-corrected chi connectivity index (χ2v) is 2.79. The third kappa shape index (κ3) is 3.25. The lowest BCUT2D eigenvalue weighted by Gasteiger charge is -2.25. The van der Waals surface area contributed by atoms with Crippen molar-refractivity contribution in [1.29, 1.82) is 0 Å². The maximum atomic E-state index is 10.8. The van der Waals surface area contributed by atoms with Gasteiger partial charge in [0.2, 0.25) is 0 Å². The molecule has 2 N–H and O–H groups in total. The van der Waals surface area contributed by atoms with Crippen molar-refractivity contribution in [3.05, 3.63) is 0 Å². The molecule has 0 radical (unpaired) electrons. The Morgan fingerprint density at radius 3 is 2.36 bits per heavy atom. The summed E-state index contributed by atoms with van der Waals surface area (Å²) in [6.07, 6.45) is 1.93. The third-order valence-corrected chi connectivity index (χ3v) is 1.87. The van der Waals surface area contributed by atoms with E-state index in [2.05, 4.69) is 6.92 Å². The van der Waals surface area contributed by atoms with E-state index in [1.807, 2.05) is 13.8 Å². The highest BCUT2D eigenvalue weighted by atomic mass is 16.2. The Morgan fingerprint density at radius 1 is 1.55 bits per heavy atom. The number of nitrogens with zero attached hydrogens (tertiary/aromatic N) is 1. The summed E-state index contributed by atoms with van der Waals surface area (Å²) >= 11 is 0. The molecule has 0 aliphatic carbocycles. The van der Waals surface area contributed by atoms with Crippen LogP contribution in [0.5, 0.6) is 0 Å². The molecule has 3 heteroatoms. The number of carbonyl (C=O) groups is 1. The largest absolute Gasteiger partial charge is 0.351 e. The van der Waals surface area contributed by atoms with E-state index < -0.39 is 0 Å². The van der Waals surface area contributed by atoms with E-state index in [4.69, 9.17) is 5.73 Å². The Kier molecular flexibility index (Phi) is 4.66. The van der Waals surface area contributed by atoms with Crippen LogP contribution in [0.2, 0.25) is 0 Å². The first-order valence-corrected chi connectivity index (χ1v) is 4.19. The quantitative estimate of drug-likeness (QED) is 0.663. The van der Waals surface area contributed by atoms with E-state index in [1.165, 1.54) is 0 Å². The molecule has 0 rings (SSSR count). The molecule has 0 spiro atoms. The summed E-state index contributed by atoms with van der Waals surface area (Å²) in [7, 11) is 0. The van der Waals surface area contributed by atoms with Crippen LogP contribution in [0.25, 0.3) is 0 Å². The number of urea groups is 1. The average Bonchev–Trinajstić information content (AvgIpc) is 1.98. The van der Waals surface area contributed by atoms with Gasteiger partial charge in [-0.15, -0.1) is 0 Å². The molecule has 11 heavy (non-hydrogen) atoms. The van der Waals surface area contributed by atoms with Crippen LogP contribution in [-0.4, -0.2) is 23.5 Å². The molecular weight excluding hydrogens is 140 g/mol. The fourth-order valence-corrected chi connectivity index (χ4v) is 1.01. The zero-order chi connectivity index (χ0) is 8.85. The van der Waals surface area contributed by atoms with Crippen molar-refractivity contribution >= 4 is 6.03 Å². The van der Waals surface area contributed by atoms with Crippen LogP contribution in [0.3, 0.4) is 0 Å². The molecule has 2 amide bonds. The van der Waals surface area contributed by atoms with E-state index in [1.54, 1.807) is 4.90 Å². The number of primary amides is 1. The highest BCUT2D eigenvalue weighted by molar-refractivity contribution is 5.72. The highest BCUT2D eigenvalue weighted by Crippen LogP contribution is 2.03. The van der Waals surface area contributed by atoms with Crippen molar-refractivity contribution < 1.29 is 4.79 Å². The predicted molar refractivity (Wildman–Crippen MR) is 46.3 cm³/mol. The van der Waals surface area contributed by atoms with E-state index in [-0.39, 0.29) is 12.1 Å². The lowest BCUT2D eigenvalue weighted by molar-refractivity contribution is 0.186. The molecule has 66 valence electrons. The van der Waals surface area contributed by atoms with Gasteiger partial charge in [-0.25, -0.2) is 4.79 Å². The lowest BCUT2D eigenvalue weighted by Crippen LogP contribution is -2.42. The second kappa shape index (κ2) is 4.99. The molecule has 0 aromatic heterocycles. The first-order chi connectivity index (χ1) is 5.13. The van der Waals surface area contributed by atoms with Gasteiger partial charge >= 0.3 is 6.03 Å². The summed E-state index contributed by atoms with van der Waals surface area (Å²) in [4.78, 5) is 12.5. The molecule has 0 aromatic rings. The van der Waals surface area contributed by atoms with E-state index in [9.17, 15) is 4.79 Å². The molecule has 1 atom stereocenters. The van der Waals surface area contributed by atoms with Gasteiger partial charge in [-0.2, -0.15) is 0 Å². The number of carbonyl (C=O) groups excluding carboxylic acids is 1. The van der Waals surface area contributed by atoms with E-state index >= 15 is 0 Å². The standard InChI is InChI=1S/C8H18N2O/c1-4-6-10(8(9)11)7(3)5-2/h7H,4-6H2,1-3H3,(H2,9,11). The number of rotatable bonds is 4. The summed E-state index contributed by atoms with van der Waals surface area (Å²) in [5.74, 6) is 0. The van der Waals surface area contributed by atoms with Crippen LogP contribution in [0.4, 0.5) is 4.79 Å². The number of amides is 2. The van der Waals surface area contributed by atoms with Gasteiger partial charge in [0.05, 0.1) is 0 Å². The number of hydrogen-bond acceptors (Lipinski definition) is 1. The van der Waals surface area contributed by atoms with Crippen LogP contribution in [0, 0.1) is 0 Å². The summed E-state index contributed by atoms with van der Waals surface area (Å²) in [6, 6.07) is -0.0337. The SMILES string of the molecule is CCCN(C(N)=O)C(C)CC. The Hall–Kier alpha value is -0.730. The summed E-state index contributed by atoms with van der Waals surface area (Å²) in [5.41, 5.74) is 5.19. The Morgan fingerprint density at radius 2 is 2.09 bits per heavy atom. The van der Waals surface area contributed by atoms with Crippen molar-refractivity contribution in [2.45, 2.75) is 39.7 Å². The Balaban J connectivity index is 3.97. The van der Waals surface area contributed by atoms with E-state index in [0.29, 0.717) is 0 Å². The van der Waals surface area contributed by atoms with Gasteiger partial charge in [-0.3, -0.25) is 0 Å². The molecule has 0 heterocycles. The maximum absolute atomic E-state index is 10.8. The smallest absolute Gasteiger partial charge is 0.315 e. The Bertz CT molecular complexity index is 125. The minimum atomic E-state index is -0.304. The van der Waals surface area contributed by atoms with Gasteiger partial charge in [0.25, 0.3) is 0 Å². The van der Waals surface area contributed by atoms with Gasteiger partial charge in [-0.1, -0.05) is 13.8 Å². The van der Waals surface area contributed by atoms with E-state index in [0.717, 1.165) is 19.4 Å². The second-order valence-electron chi connectivity index (χ2n) is 2.79. The zero-order valence-corrected chi connectivity index (χ0v) is 7.63. The molecule has 1 unspecified atom stereocenters. The summed E-state index contributed by atoms with van der Waals surface area (Å²) in [6.45, 7) is 6.87. The molecular formula is C8H18N2O. The van der Waals surface area contributed by atoms with Gasteiger partial charge < -0.3 is 10.6 Å². The normalized spacial score (nSPS) is 12.6. The minimum absolute atomic E-state index is 0.271. The summed E-state index contributed by atoms with van der Waals surface area (Å²) in [5, 5.41) is 0. The zero-order valence-electron chi connectivity index (χ0n) is 7.63. The minimum Gasteiger partial charge on any atom is -0.351 e. The van der Waals surface area contributed by atoms with Gasteiger partial charge in [0.1, 0.15) is 0 Å². The Labute approximate surface area is 68.6 Å². The highest BCUT2D eigenvalue weighted by Gasteiger charge is 2.13. The molecule has 0 aliphatic heterocycles. The molecule has 0 bridgehead atoms. The fourth-order valence-electron chi connectivity index (χ4n) is 1.01. The molecule has 0 saturated carbocycles. The number of nitrogens with two attached hydrogens (primary N) is 1. The third-order valence-electron chi connectivity index (χ3n) is 1.87. The van der Waals surface area contributed by atoms with Crippen LogP contribution < -0.4 is 5.73 Å². The molecule has 0 aromatic carbocycles. The van der Waals surface area contributed by atoms with Crippen molar-refractivity contribution in [2.24, 2.45) is 5.73 Å². The molecule has 0 aliphatic rings. The van der Waals surface area contributed by atoms with Crippen molar-refractivity contribution in [3.8, 4) is 0 Å². The van der Waals surface area contributed by atoms with Crippen molar-refractivity contribution in [2.75, 3.05) is 6.54 Å². The summed E-state index contributed by atoms with van der Waals surface area (Å²) < 4.78 is 0. The molecule has 0 fully saturated rings. The van der Waals surface area contributed by atoms with Gasteiger partial charge in [0.15, 0.2) is 0 Å². The first-order valence-electron chi connectivity index (χ1n) is 4.19. The predicted octanol–water partition coefficient (Wildman–Crippen LogP) is 1.58. The van der Waals surface area contributed by atoms with Crippen molar-refractivity contribution in [3.63, 3.8) is 0 Å². The van der Waals surface area contributed by atoms with Crippen LogP contribution in [0.15, 0.2) is 0 Å². The maximum Gasteiger partial charge on any atom is 0.315 e. The van der Waals surface area contributed by atoms with Crippen molar-refractivity contribution in [1.82, 2.24) is 4.90 Å². The molecule has 3 nitrogen and oxygen atoms in total. The topological polar surface area (TPSA) is 46.3 Å². The van der Waals surface area contributed by atoms with Gasteiger partial charge in [0, 0.05) is 12.6 Å². The van der Waals surface area contributed by atoms with Crippen LogP contribution in [-0.2, 0) is 0 Å². The number of hydrogen-bond donors (Lipinski definition) is 1. The van der Waals surface area contributed by atoms with Crippen LogP contribution >= 0.6 is 0 Å². The van der Waals surface area contributed by atoms with Gasteiger partial charge in [-0.05, 0) is 19.8 Å². The average molecular weight is 158 g/mol. The lowest BCUT2D eigenvalue weighted by atomic mass is 10.2. The monoisotopic (exact) mass is 158 g/mol. The fraction of sp³-hybridized carbons (Fsp3) is 0.875. The molecule has 0 saturated heterocycles. The first kappa shape index (κ1) is 10.3. The van der Waals surface area contributed by atoms with Crippen LogP contribution in [0.1, 0.15) is 33.6 Å².